The van der Waals surface area contributed by atoms with E-state index in [1.807, 2.05) is 23.1 Å². The smallest absolute Gasteiger partial charge is 0.293 e. The lowest BCUT2D eigenvalue weighted by Gasteiger charge is -2.35. The molecule has 1 saturated heterocycles. The number of rotatable bonds is 4. The van der Waals surface area contributed by atoms with E-state index in [2.05, 4.69) is 5.32 Å². The second-order valence-corrected chi connectivity index (χ2v) is 7.74. The van der Waals surface area contributed by atoms with Gasteiger partial charge in [0.05, 0.1) is 4.92 Å². The Morgan fingerprint density at radius 2 is 1.73 bits per heavy atom. The summed E-state index contributed by atoms with van der Waals surface area (Å²) in [5.41, 5.74) is 3.88. The molecule has 1 aliphatic carbocycles. The Hall–Kier alpha value is -3.42. The third-order valence-electron chi connectivity index (χ3n) is 5.86. The predicted molar refractivity (Wildman–Crippen MR) is 114 cm³/mol. The van der Waals surface area contributed by atoms with Gasteiger partial charge in [0, 0.05) is 50.4 Å². The van der Waals surface area contributed by atoms with Crippen LogP contribution in [-0.4, -0.2) is 47.8 Å². The van der Waals surface area contributed by atoms with Gasteiger partial charge < -0.3 is 15.1 Å². The molecule has 2 aromatic rings. The third-order valence-corrected chi connectivity index (χ3v) is 5.86. The summed E-state index contributed by atoms with van der Waals surface area (Å²) in [4.78, 5) is 39.0. The van der Waals surface area contributed by atoms with Gasteiger partial charge in [0.1, 0.15) is 5.69 Å². The van der Waals surface area contributed by atoms with Crippen LogP contribution in [0.2, 0.25) is 0 Å². The summed E-state index contributed by atoms with van der Waals surface area (Å²) in [6, 6.07) is 10.5. The average molecular weight is 408 g/mol. The molecule has 0 atom stereocenters. The van der Waals surface area contributed by atoms with Crippen LogP contribution in [-0.2, 0) is 17.6 Å². The van der Waals surface area contributed by atoms with Gasteiger partial charge >= 0.3 is 0 Å². The number of nitro groups is 1. The van der Waals surface area contributed by atoms with Crippen molar-refractivity contribution in [1.29, 1.82) is 0 Å². The van der Waals surface area contributed by atoms with E-state index >= 15 is 0 Å². The van der Waals surface area contributed by atoms with Gasteiger partial charge in [-0.15, -0.1) is 0 Å². The molecule has 8 heteroatoms. The lowest BCUT2D eigenvalue weighted by Crippen LogP contribution is -2.48. The van der Waals surface area contributed by atoms with Crippen molar-refractivity contribution in [2.75, 3.05) is 36.4 Å². The maximum Gasteiger partial charge on any atom is 0.293 e. The lowest BCUT2D eigenvalue weighted by atomic mass is 10.1. The fourth-order valence-corrected chi connectivity index (χ4v) is 4.19. The van der Waals surface area contributed by atoms with Crippen molar-refractivity contribution in [3.8, 4) is 0 Å². The number of piperazine rings is 1. The number of aryl methyl sites for hydroxylation is 2. The highest BCUT2D eigenvalue weighted by atomic mass is 16.6. The summed E-state index contributed by atoms with van der Waals surface area (Å²) in [5, 5.41) is 14.5. The molecule has 2 aliphatic rings. The van der Waals surface area contributed by atoms with E-state index in [9.17, 15) is 19.7 Å². The molecule has 30 heavy (non-hydrogen) atoms. The standard InChI is InChI=1S/C22H24N4O4/c1-15(27)24-9-11-25(12-10-24)20-8-6-18(14-21(20)26(29)30)22(28)23-19-7-5-16-3-2-4-17(16)13-19/h5-8,13-14H,2-4,9-12H2,1H3,(H,23,28). The predicted octanol–water partition coefficient (Wildman–Crippen LogP) is 3.00. The van der Waals surface area contributed by atoms with Crippen LogP contribution in [0.5, 0.6) is 0 Å². The van der Waals surface area contributed by atoms with Crippen molar-refractivity contribution in [3.63, 3.8) is 0 Å². The fourth-order valence-electron chi connectivity index (χ4n) is 4.19. The van der Waals surface area contributed by atoms with E-state index in [1.54, 1.807) is 17.0 Å². The Morgan fingerprint density at radius 3 is 2.43 bits per heavy atom. The SMILES string of the molecule is CC(=O)N1CCN(c2ccc(C(=O)Nc3ccc4c(c3)CCC4)cc2[N+](=O)[O-])CC1. The van der Waals surface area contributed by atoms with Gasteiger partial charge in [-0.2, -0.15) is 0 Å². The summed E-state index contributed by atoms with van der Waals surface area (Å²) >= 11 is 0. The highest BCUT2D eigenvalue weighted by Crippen LogP contribution is 2.31. The number of nitrogens with one attached hydrogen (secondary N) is 1. The molecule has 2 amide bonds. The molecule has 1 aliphatic heterocycles. The second-order valence-electron chi connectivity index (χ2n) is 7.74. The first-order chi connectivity index (χ1) is 14.4. The van der Waals surface area contributed by atoms with Crippen LogP contribution < -0.4 is 10.2 Å². The maximum absolute atomic E-state index is 12.7. The Labute approximate surface area is 174 Å². The van der Waals surface area contributed by atoms with Crippen molar-refractivity contribution in [3.05, 3.63) is 63.2 Å². The third kappa shape index (κ3) is 3.98. The molecule has 0 bridgehead atoms. The van der Waals surface area contributed by atoms with Crippen LogP contribution in [0.4, 0.5) is 17.1 Å². The lowest BCUT2D eigenvalue weighted by molar-refractivity contribution is -0.384. The summed E-state index contributed by atoms with van der Waals surface area (Å²) in [6.45, 7) is 3.59. The van der Waals surface area contributed by atoms with E-state index in [0.717, 1.165) is 19.3 Å². The molecule has 1 N–H and O–H groups in total. The first-order valence-corrected chi connectivity index (χ1v) is 10.1. The number of carbonyl (C=O) groups excluding carboxylic acids is 2. The molecule has 4 rings (SSSR count). The summed E-state index contributed by atoms with van der Waals surface area (Å²) in [5.74, 6) is -0.369. The van der Waals surface area contributed by atoms with Crippen molar-refractivity contribution in [2.24, 2.45) is 0 Å². The van der Waals surface area contributed by atoms with Crippen LogP contribution in [0.1, 0.15) is 34.8 Å². The van der Waals surface area contributed by atoms with E-state index in [-0.39, 0.29) is 23.1 Å². The fraction of sp³-hybridized carbons (Fsp3) is 0.364. The molecule has 0 spiro atoms. The van der Waals surface area contributed by atoms with Gasteiger partial charge in [-0.05, 0) is 54.7 Å². The van der Waals surface area contributed by atoms with Gasteiger partial charge in [0.25, 0.3) is 11.6 Å². The highest BCUT2D eigenvalue weighted by molar-refractivity contribution is 6.05. The van der Waals surface area contributed by atoms with E-state index in [0.29, 0.717) is 37.6 Å². The zero-order valence-electron chi connectivity index (χ0n) is 16.9. The number of carbonyl (C=O) groups is 2. The highest BCUT2D eigenvalue weighted by Gasteiger charge is 2.26. The number of amides is 2. The van der Waals surface area contributed by atoms with Crippen molar-refractivity contribution in [2.45, 2.75) is 26.2 Å². The van der Waals surface area contributed by atoms with E-state index in [1.165, 1.54) is 24.1 Å². The molecular weight excluding hydrogens is 384 g/mol. The number of fused-ring (bicyclic) bond motifs is 1. The maximum atomic E-state index is 12.7. The van der Waals surface area contributed by atoms with Crippen LogP contribution >= 0.6 is 0 Å². The number of hydrogen-bond donors (Lipinski definition) is 1. The quantitative estimate of drug-likeness (QED) is 0.620. The molecule has 0 aromatic heterocycles. The van der Waals surface area contributed by atoms with E-state index < -0.39 is 4.92 Å². The molecular formula is C22H24N4O4. The monoisotopic (exact) mass is 408 g/mol. The number of anilines is 2. The van der Waals surface area contributed by atoms with E-state index in [4.69, 9.17) is 0 Å². The van der Waals surface area contributed by atoms with Gasteiger partial charge in [-0.25, -0.2) is 0 Å². The first kappa shape index (κ1) is 19.9. The van der Waals surface area contributed by atoms with Crippen LogP contribution in [0.3, 0.4) is 0 Å². The molecule has 156 valence electrons. The number of nitro benzene ring substituents is 1. The van der Waals surface area contributed by atoms with Crippen molar-refractivity contribution >= 4 is 28.9 Å². The average Bonchev–Trinajstić information content (AvgIpc) is 3.21. The summed E-state index contributed by atoms with van der Waals surface area (Å²) in [6.07, 6.45) is 3.20. The topological polar surface area (TPSA) is 95.8 Å². The van der Waals surface area contributed by atoms with Crippen LogP contribution in [0.25, 0.3) is 0 Å². The zero-order valence-corrected chi connectivity index (χ0v) is 16.9. The summed E-state index contributed by atoms with van der Waals surface area (Å²) in [7, 11) is 0. The largest absolute Gasteiger partial charge is 0.362 e. The minimum Gasteiger partial charge on any atom is -0.362 e. The van der Waals surface area contributed by atoms with Gasteiger partial charge in [0.15, 0.2) is 0 Å². The van der Waals surface area contributed by atoms with Gasteiger partial charge in [-0.1, -0.05) is 6.07 Å². The summed E-state index contributed by atoms with van der Waals surface area (Å²) < 4.78 is 0. The molecule has 2 aromatic carbocycles. The number of nitrogens with zero attached hydrogens (tertiary/aromatic N) is 3. The minimum absolute atomic E-state index is 0.00252. The molecule has 8 nitrogen and oxygen atoms in total. The molecule has 0 unspecified atom stereocenters. The minimum atomic E-state index is -0.459. The number of benzene rings is 2. The molecule has 1 fully saturated rings. The Kier molecular flexibility index (Phi) is 5.39. The van der Waals surface area contributed by atoms with Crippen LogP contribution in [0.15, 0.2) is 36.4 Å². The molecule has 0 radical (unpaired) electrons. The molecule has 1 heterocycles. The van der Waals surface area contributed by atoms with Crippen LogP contribution in [0, 0.1) is 10.1 Å². The van der Waals surface area contributed by atoms with Crippen molar-refractivity contribution < 1.29 is 14.5 Å². The molecule has 0 saturated carbocycles. The van der Waals surface area contributed by atoms with Crippen molar-refractivity contribution in [1.82, 2.24) is 4.90 Å². The van der Waals surface area contributed by atoms with Gasteiger partial charge in [-0.3, -0.25) is 19.7 Å². The van der Waals surface area contributed by atoms with Gasteiger partial charge in [0.2, 0.25) is 5.91 Å². The Bertz CT molecular complexity index is 1010. The Balaban J connectivity index is 1.52. The second kappa shape index (κ2) is 8.14. The first-order valence-electron chi connectivity index (χ1n) is 10.1. The number of hydrogen-bond acceptors (Lipinski definition) is 5. The zero-order chi connectivity index (χ0) is 21.3. The normalized spacial score (nSPS) is 15.6. The Morgan fingerprint density at radius 1 is 1.00 bits per heavy atom.